The molecule has 0 saturated carbocycles. The molecule has 1 unspecified atom stereocenters. The third-order valence-corrected chi connectivity index (χ3v) is 4.67. The lowest BCUT2D eigenvalue weighted by Crippen LogP contribution is -2.41. The van der Waals surface area contributed by atoms with Gasteiger partial charge in [-0.05, 0) is 34.5 Å². The Bertz CT molecular complexity index is 753. The van der Waals surface area contributed by atoms with Crippen LogP contribution in [0.5, 0.6) is 5.75 Å². The first-order valence-corrected chi connectivity index (χ1v) is 8.47. The lowest BCUT2D eigenvalue weighted by Gasteiger charge is -2.34. The number of benzene rings is 2. The van der Waals surface area contributed by atoms with E-state index < -0.39 is 18.8 Å². The van der Waals surface area contributed by atoms with Crippen LogP contribution in [0.3, 0.4) is 0 Å². The van der Waals surface area contributed by atoms with Gasteiger partial charge in [-0.1, -0.05) is 18.2 Å². The molecule has 1 aliphatic heterocycles. The summed E-state index contributed by atoms with van der Waals surface area (Å²) in [5.74, 6) is -3.18. The molecular formula is C19H21F4NO2. The molecule has 0 N–H and O–H groups in total. The topological polar surface area (TPSA) is 21.7 Å². The van der Waals surface area contributed by atoms with Crippen LogP contribution in [0.15, 0.2) is 36.4 Å². The average Bonchev–Trinajstić information content (AvgIpc) is 2.65. The van der Waals surface area contributed by atoms with Crippen LogP contribution < -0.4 is 4.74 Å². The molecule has 0 amide bonds. The molecule has 0 aromatic heterocycles. The molecule has 0 bridgehead atoms. The number of nitrogens with zero attached hydrogens (tertiary/aromatic N) is 1. The van der Waals surface area contributed by atoms with Gasteiger partial charge in [-0.15, -0.1) is 0 Å². The van der Waals surface area contributed by atoms with Crippen molar-refractivity contribution >= 4 is 10.8 Å². The van der Waals surface area contributed by atoms with E-state index in [1.54, 1.807) is 12.0 Å². The molecule has 0 radical (unpaired) electrons. The van der Waals surface area contributed by atoms with Gasteiger partial charge in [-0.25, -0.2) is 17.6 Å². The molecular weight excluding hydrogens is 350 g/mol. The zero-order valence-corrected chi connectivity index (χ0v) is 14.4. The second-order valence-electron chi connectivity index (χ2n) is 6.44. The monoisotopic (exact) mass is 371 g/mol. The van der Waals surface area contributed by atoms with E-state index in [0.29, 0.717) is 19.7 Å². The molecule has 3 nitrogen and oxygen atoms in total. The third-order valence-electron chi connectivity index (χ3n) is 4.67. The maximum atomic E-state index is 13.1. The van der Waals surface area contributed by atoms with Crippen LogP contribution >= 0.6 is 0 Å². The summed E-state index contributed by atoms with van der Waals surface area (Å²) in [4.78, 5) is 1.75. The van der Waals surface area contributed by atoms with Crippen molar-refractivity contribution in [1.82, 2.24) is 4.90 Å². The smallest absolute Gasteiger partial charge is 0.308 e. The van der Waals surface area contributed by atoms with E-state index in [-0.39, 0.29) is 12.6 Å². The number of hydrogen-bond donors (Lipinski definition) is 0. The van der Waals surface area contributed by atoms with Crippen LogP contribution in [-0.2, 0) is 4.74 Å². The van der Waals surface area contributed by atoms with E-state index in [9.17, 15) is 17.6 Å². The summed E-state index contributed by atoms with van der Waals surface area (Å²) < 4.78 is 61.9. The van der Waals surface area contributed by atoms with Crippen molar-refractivity contribution in [2.45, 2.75) is 24.9 Å². The maximum absolute atomic E-state index is 13.1. The molecule has 1 aliphatic rings. The Morgan fingerprint density at radius 2 is 1.92 bits per heavy atom. The SMILES string of the molecule is COc1ccc2cc(C3CN(CCC(F)(F)C(F)F)CCO3)ccc2c1. The second kappa shape index (κ2) is 7.80. The largest absolute Gasteiger partial charge is 0.497 e. The summed E-state index contributed by atoms with van der Waals surface area (Å²) in [6.07, 6.45) is -4.75. The first-order chi connectivity index (χ1) is 12.4. The fraction of sp³-hybridized carbons (Fsp3) is 0.474. The highest BCUT2D eigenvalue weighted by molar-refractivity contribution is 5.84. The highest BCUT2D eigenvalue weighted by Crippen LogP contribution is 2.30. The number of hydrogen-bond acceptors (Lipinski definition) is 3. The highest BCUT2D eigenvalue weighted by Gasteiger charge is 2.40. The summed E-state index contributed by atoms with van der Waals surface area (Å²) >= 11 is 0. The van der Waals surface area contributed by atoms with Gasteiger partial charge >= 0.3 is 12.3 Å². The molecule has 1 atom stereocenters. The Labute approximate surface area is 149 Å². The van der Waals surface area contributed by atoms with E-state index >= 15 is 0 Å². The first-order valence-electron chi connectivity index (χ1n) is 8.47. The number of rotatable bonds is 6. The van der Waals surface area contributed by atoms with Gasteiger partial charge in [0.25, 0.3) is 0 Å². The van der Waals surface area contributed by atoms with E-state index in [2.05, 4.69) is 0 Å². The fourth-order valence-electron chi connectivity index (χ4n) is 3.09. The second-order valence-corrected chi connectivity index (χ2v) is 6.44. The normalized spacial score (nSPS) is 19.2. The molecule has 1 saturated heterocycles. The van der Waals surface area contributed by atoms with Crippen molar-refractivity contribution in [3.8, 4) is 5.75 Å². The summed E-state index contributed by atoms with van der Waals surface area (Å²) in [6.45, 7) is 1.16. The molecule has 7 heteroatoms. The lowest BCUT2D eigenvalue weighted by atomic mass is 10.0. The third kappa shape index (κ3) is 4.27. The zero-order valence-electron chi connectivity index (χ0n) is 14.4. The maximum Gasteiger partial charge on any atom is 0.308 e. The summed E-state index contributed by atoms with van der Waals surface area (Å²) in [5.41, 5.74) is 0.938. The molecule has 26 heavy (non-hydrogen) atoms. The molecule has 0 spiro atoms. The Hall–Kier alpha value is -1.86. The van der Waals surface area contributed by atoms with Crippen LogP contribution in [0.25, 0.3) is 10.8 Å². The molecule has 142 valence electrons. The van der Waals surface area contributed by atoms with Gasteiger partial charge in [0.15, 0.2) is 0 Å². The quantitative estimate of drug-likeness (QED) is 0.698. The predicted molar refractivity (Wildman–Crippen MR) is 91.2 cm³/mol. The summed E-state index contributed by atoms with van der Waals surface area (Å²) in [5, 5.41) is 2.05. The molecule has 2 aromatic rings. The minimum absolute atomic E-state index is 0.0814. The Kier molecular flexibility index (Phi) is 5.67. The van der Waals surface area contributed by atoms with E-state index in [1.807, 2.05) is 36.4 Å². The average molecular weight is 371 g/mol. The van der Waals surface area contributed by atoms with Crippen molar-refractivity contribution in [2.75, 3.05) is 33.4 Å². The van der Waals surface area contributed by atoms with Crippen LogP contribution in [0.4, 0.5) is 17.6 Å². The van der Waals surface area contributed by atoms with Gasteiger partial charge in [0, 0.05) is 26.1 Å². The standard InChI is InChI=1S/C19H21F4NO2/c1-25-16-5-4-13-10-15(3-2-14(13)11-16)17-12-24(8-9-26-17)7-6-19(22,23)18(20)21/h2-5,10-11,17-18H,6-9,12H2,1H3. The highest BCUT2D eigenvalue weighted by atomic mass is 19.3. The number of morpholine rings is 1. The number of alkyl halides is 4. The number of methoxy groups -OCH3 is 1. The first kappa shape index (κ1) is 18.9. The van der Waals surface area contributed by atoms with E-state index in [1.165, 1.54) is 0 Å². The minimum Gasteiger partial charge on any atom is -0.497 e. The van der Waals surface area contributed by atoms with Gasteiger partial charge in [0.1, 0.15) is 5.75 Å². The Morgan fingerprint density at radius 3 is 2.65 bits per heavy atom. The molecule has 3 rings (SSSR count). The van der Waals surface area contributed by atoms with Crippen LogP contribution in [0.2, 0.25) is 0 Å². The molecule has 2 aromatic carbocycles. The number of fused-ring (bicyclic) bond motifs is 1. The summed E-state index contributed by atoms with van der Waals surface area (Å²) in [7, 11) is 1.61. The van der Waals surface area contributed by atoms with Gasteiger partial charge < -0.3 is 9.47 Å². The molecule has 1 heterocycles. The van der Waals surface area contributed by atoms with Gasteiger partial charge in [0.05, 0.1) is 19.8 Å². The van der Waals surface area contributed by atoms with Crippen LogP contribution in [0, 0.1) is 0 Å². The van der Waals surface area contributed by atoms with E-state index in [4.69, 9.17) is 9.47 Å². The minimum atomic E-state index is -3.95. The van der Waals surface area contributed by atoms with E-state index in [0.717, 1.165) is 22.1 Å². The van der Waals surface area contributed by atoms with Crippen LogP contribution in [0.1, 0.15) is 18.1 Å². The Morgan fingerprint density at radius 1 is 1.19 bits per heavy atom. The molecule has 1 fully saturated rings. The van der Waals surface area contributed by atoms with Gasteiger partial charge in [-0.2, -0.15) is 0 Å². The van der Waals surface area contributed by atoms with Crippen molar-refractivity contribution in [3.05, 3.63) is 42.0 Å². The van der Waals surface area contributed by atoms with Crippen molar-refractivity contribution in [3.63, 3.8) is 0 Å². The number of halogens is 4. The van der Waals surface area contributed by atoms with Crippen molar-refractivity contribution in [1.29, 1.82) is 0 Å². The van der Waals surface area contributed by atoms with Crippen molar-refractivity contribution in [2.24, 2.45) is 0 Å². The van der Waals surface area contributed by atoms with Crippen LogP contribution in [-0.4, -0.2) is 50.6 Å². The van der Waals surface area contributed by atoms with Gasteiger partial charge in [0.2, 0.25) is 0 Å². The Balaban J connectivity index is 1.68. The van der Waals surface area contributed by atoms with Gasteiger partial charge in [-0.3, -0.25) is 4.90 Å². The van der Waals surface area contributed by atoms with Crippen molar-refractivity contribution < 1.29 is 27.0 Å². The number of ether oxygens (including phenoxy) is 2. The lowest BCUT2D eigenvalue weighted by molar-refractivity contribution is -0.139. The summed E-state index contributed by atoms with van der Waals surface area (Å²) in [6, 6.07) is 11.6. The fourth-order valence-corrected chi connectivity index (χ4v) is 3.09. The zero-order chi connectivity index (χ0) is 18.7. The predicted octanol–water partition coefficient (Wildman–Crippen LogP) is 4.51. The molecule has 0 aliphatic carbocycles.